The van der Waals surface area contributed by atoms with E-state index in [1.54, 1.807) is 11.9 Å². The van der Waals surface area contributed by atoms with E-state index in [9.17, 15) is 4.79 Å². The topological polar surface area (TPSA) is 74.5 Å². The van der Waals surface area contributed by atoms with Gasteiger partial charge in [-0.05, 0) is 20.3 Å². The van der Waals surface area contributed by atoms with Crippen LogP contribution in [0.4, 0.5) is 0 Å². The molecule has 2 N–H and O–H groups in total. The maximum atomic E-state index is 11.5. The minimum absolute atomic E-state index is 0. The number of amides is 1. The summed E-state index contributed by atoms with van der Waals surface area (Å²) >= 11 is 0. The Bertz CT molecular complexity index is 583. The molecule has 0 radical (unpaired) electrons. The summed E-state index contributed by atoms with van der Waals surface area (Å²) in [6.07, 6.45) is 1.43. The Balaban J connectivity index is 0.00000264. The molecule has 0 saturated carbocycles. The van der Waals surface area contributed by atoms with E-state index in [0.29, 0.717) is 19.5 Å². The molecule has 1 aromatic heterocycles. The number of likely N-dealkylation sites (tertiary alicyclic amines) is 1. The average Bonchev–Trinajstić information content (AvgIpc) is 2.72. The van der Waals surface area contributed by atoms with Crippen LogP contribution in [0.25, 0.3) is 0 Å². The predicted molar refractivity (Wildman–Crippen MR) is 102 cm³/mol. The van der Waals surface area contributed by atoms with Gasteiger partial charge in [0.1, 0.15) is 0 Å². The fraction of sp³-hybridized carbons (Fsp3) is 0.667. The lowest BCUT2D eigenvalue weighted by atomic mass is 10.1. The molecule has 0 spiro atoms. The Labute approximate surface area is 154 Å². The number of guanidine groups is 1. The first-order chi connectivity index (χ1) is 10.4. The third-order valence-corrected chi connectivity index (χ3v) is 4.28. The molecule has 0 aliphatic carbocycles. The zero-order valence-corrected chi connectivity index (χ0v) is 16.8. The SMILES string of the molecule is CN=C(NCc1c(C)nn(C)c1C)NC1CCC(=O)N(C)C1.I. The van der Waals surface area contributed by atoms with Crippen molar-refractivity contribution in [2.45, 2.75) is 39.3 Å². The van der Waals surface area contributed by atoms with Crippen LogP contribution in [0.2, 0.25) is 0 Å². The van der Waals surface area contributed by atoms with Gasteiger partial charge in [0.2, 0.25) is 5.91 Å². The maximum Gasteiger partial charge on any atom is 0.222 e. The molecule has 1 saturated heterocycles. The van der Waals surface area contributed by atoms with E-state index >= 15 is 0 Å². The summed E-state index contributed by atoms with van der Waals surface area (Å²) in [5.74, 6) is 0.970. The standard InChI is InChI=1S/C15H26N6O.HI/c1-10-13(11(2)21(5)19-10)8-17-15(16-3)18-12-6-7-14(22)20(4)9-12;/h12H,6-9H2,1-5H3,(H2,16,17,18);1H. The Hall–Kier alpha value is -1.32. The normalized spacial score (nSPS) is 18.7. The highest BCUT2D eigenvalue weighted by atomic mass is 127. The van der Waals surface area contributed by atoms with Crippen molar-refractivity contribution < 1.29 is 4.79 Å². The van der Waals surface area contributed by atoms with Gasteiger partial charge in [-0.15, -0.1) is 24.0 Å². The third-order valence-electron chi connectivity index (χ3n) is 4.28. The number of nitrogens with one attached hydrogen (secondary N) is 2. The summed E-state index contributed by atoms with van der Waals surface area (Å²) in [7, 11) is 5.55. The number of hydrogen-bond acceptors (Lipinski definition) is 3. The molecule has 1 aliphatic heterocycles. The number of rotatable bonds is 3. The molecule has 1 aromatic rings. The van der Waals surface area contributed by atoms with E-state index in [0.717, 1.165) is 23.8 Å². The third kappa shape index (κ3) is 4.82. The molecule has 2 heterocycles. The molecule has 7 nitrogen and oxygen atoms in total. The molecule has 2 rings (SSSR count). The number of carbonyl (C=O) groups excluding carboxylic acids is 1. The van der Waals surface area contributed by atoms with Crippen molar-refractivity contribution in [2.75, 3.05) is 20.6 Å². The second-order valence-corrected chi connectivity index (χ2v) is 5.85. The summed E-state index contributed by atoms with van der Waals surface area (Å²) < 4.78 is 1.89. The van der Waals surface area contributed by atoms with Crippen LogP contribution in [0.15, 0.2) is 4.99 Å². The number of piperidine rings is 1. The maximum absolute atomic E-state index is 11.5. The van der Waals surface area contributed by atoms with Gasteiger partial charge in [0.05, 0.1) is 5.69 Å². The van der Waals surface area contributed by atoms with Gasteiger partial charge in [-0.25, -0.2) is 0 Å². The smallest absolute Gasteiger partial charge is 0.222 e. The van der Waals surface area contributed by atoms with Gasteiger partial charge < -0.3 is 15.5 Å². The molecule has 8 heteroatoms. The Morgan fingerprint density at radius 1 is 1.39 bits per heavy atom. The van der Waals surface area contributed by atoms with Gasteiger partial charge in [-0.3, -0.25) is 14.5 Å². The molecule has 1 fully saturated rings. The first-order valence-corrected chi connectivity index (χ1v) is 7.62. The number of aliphatic imine (C=N–C) groups is 1. The summed E-state index contributed by atoms with van der Waals surface area (Å²) in [4.78, 5) is 17.6. The number of nitrogens with zero attached hydrogens (tertiary/aromatic N) is 4. The zero-order chi connectivity index (χ0) is 16.3. The summed E-state index contributed by atoms with van der Waals surface area (Å²) in [6.45, 7) is 5.48. The highest BCUT2D eigenvalue weighted by Gasteiger charge is 2.23. The molecule has 23 heavy (non-hydrogen) atoms. The highest BCUT2D eigenvalue weighted by Crippen LogP contribution is 2.12. The molecule has 0 aromatic carbocycles. The molecular formula is C15H27IN6O. The van der Waals surface area contributed by atoms with Crippen LogP contribution >= 0.6 is 24.0 Å². The van der Waals surface area contributed by atoms with Crippen molar-refractivity contribution in [3.8, 4) is 0 Å². The number of carbonyl (C=O) groups is 1. The lowest BCUT2D eigenvalue weighted by Gasteiger charge is -2.31. The van der Waals surface area contributed by atoms with Crippen LogP contribution in [-0.4, -0.2) is 53.2 Å². The van der Waals surface area contributed by atoms with Crippen molar-refractivity contribution in [3.05, 3.63) is 17.0 Å². The van der Waals surface area contributed by atoms with E-state index < -0.39 is 0 Å². The molecular weight excluding hydrogens is 407 g/mol. The predicted octanol–water partition coefficient (Wildman–Crippen LogP) is 0.941. The van der Waals surface area contributed by atoms with Crippen LogP contribution < -0.4 is 10.6 Å². The van der Waals surface area contributed by atoms with Crippen LogP contribution in [0.5, 0.6) is 0 Å². The van der Waals surface area contributed by atoms with Gasteiger partial charge in [-0.1, -0.05) is 0 Å². The molecule has 1 amide bonds. The fourth-order valence-corrected chi connectivity index (χ4v) is 2.76. The van der Waals surface area contributed by atoms with Crippen molar-refractivity contribution >= 4 is 35.8 Å². The van der Waals surface area contributed by atoms with Gasteiger partial charge in [0.25, 0.3) is 0 Å². The molecule has 1 atom stereocenters. The number of aryl methyl sites for hydroxylation is 2. The Morgan fingerprint density at radius 2 is 2.09 bits per heavy atom. The number of likely N-dealkylation sites (N-methyl/N-ethyl adjacent to an activating group) is 1. The Kier molecular flexibility index (Phi) is 7.30. The van der Waals surface area contributed by atoms with Gasteiger partial charge in [0.15, 0.2) is 5.96 Å². The van der Waals surface area contributed by atoms with Gasteiger partial charge in [-0.2, -0.15) is 5.10 Å². The number of halogens is 1. The first kappa shape index (κ1) is 19.7. The van der Waals surface area contributed by atoms with Gasteiger partial charge in [0, 0.05) is 58.0 Å². The first-order valence-electron chi connectivity index (χ1n) is 7.62. The van der Waals surface area contributed by atoms with E-state index in [1.165, 1.54) is 5.56 Å². The summed E-state index contributed by atoms with van der Waals surface area (Å²) in [6, 6.07) is 0.241. The Morgan fingerprint density at radius 3 is 2.61 bits per heavy atom. The fourth-order valence-electron chi connectivity index (χ4n) is 2.76. The molecule has 0 bridgehead atoms. The summed E-state index contributed by atoms with van der Waals surface area (Å²) in [5, 5.41) is 11.1. The van der Waals surface area contributed by atoms with E-state index in [1.807, 2.05) is 25.7 Å². The second-order valence-electron chi connectivity index (χ2n) is 5.85. The highest BCUT2D eigenvalue weighted by molar-refractivity contribution is 14.0. The van der Waals surface area contributed by atoms with Crippen LogP contribution in [0, 0.1) is 13.8 Å². The molecule has 1 unspecified atom stereocenters. The minimum atomic E-state index is 0. The average molecular weight is 434 g/mol. The van der Waals surface area contributed by atoms with E-state index in [-0.39, 0.29) is 35.9 Å². The number of hydrogen-bond donors (Lipinski definition) is 2. The van der Waals surface area contributed by atoms with Crippen molar-refractivity contribution in [2.24, 2.45) is 12.0 Å². The quantitative estimate of drug-likeness (QED) is 0.422. The van der Waals surface area contributed by atoms with E-state index in [4.69, 9.17) is 0 Å². The monoisotopic (exact) mass is 434 g/mol. The molecule has 130 valence electrons. The second kappa shape index (κ2) is 8.51. The van der Waals surface area contributed by atoms with Crippen LogP contribution in [-0.2, 0) is 18.4 Å². The van der Waals surface area contributed by atoms with Crippen molar-refractivity contribution in [1.29, 1.82) is 0 Å². The summed E-state index contributed by atoms with van der Waals surface area (Å²) in [5.41, 5.74) is 3.38. The van der Waals surface area contributed by atoms with Crippen LogP contribution in [0.1, 0.15) is 29.8 Å². The van der Waals surface area contributed by atoms with Crippen molar-refractivity contribution in [1.82, 2.24) is 25.3 Å². The lowest BCUT2D eigenvalue weighted by molar-refractivity contribution is -0.132. The number of aromatic nitrogens is 2. The van der Waals surface area contributed by atoms with E-state index in [2.05, 4.69) is 27.6 Å². The zero-order valence-electron chi connectivity index (χ0n) is 14.5. The van der Waals surface area contributed by atoms with Gasteiger partial charge >= 0.3 is 0 Å². The van der Waals surface area contributed by atoms with Crippen molar-refractivity contribution in [3.63, 3.8) is 0 Å². The minimum Gasteiger partial charge on any atom is -0.352 e. The molecule has 1 aliphatic rings. The largest absolute Gasteiger partial charge is 0.352 e. The lowest BCUT2D eigenvalue weighted by Crippen LogP contribution is -2.51. The van der Waals surface area contributed by atoms with Crippen LogP contribution in [0.3, 0.4) is 0 Å².